The van der Waals surface area contributed by atoms with Crippen molar-refractivity contribution in [1.29, 1.82) is 0 Å². The highest BCUT2D eigenvalue weighted by molar-refractivity contribution is 6.04. The van der Waals surface area contributed by atoms with Crippen LogP contribution < -0.4 is 5.32 Å². The molecule has 3 rings (SSSR count). The molecule has 1 unspecified atom stereocenters. The Kier molecular flexibility index (Phi) is 3.81. The van der Waals surface area contributed by atoms with E-state index in [-0.39, 0.29) is 11.4 Å². The Bertz CT molecular complexity index is 847. The third kappa shape index (κ3) is 2.52. The maximum Gasteiger partial charge on any atom is 0.258 e. The summed E-state index contributed by atoms with van der Waals surface area (Å²) in [6.45, 7) is 1.34. The van der Waals surface area contributed by atoms with E-state index in [9.17, 15) is 19.1 Å². The van der Waals surface area contributed by atoms with Crippen LogP contribution in [0.4, 0.5) is 4.39 Å². The number of ether oxygens (including phenoxy) is 1. The number of Topliss-reactive ketones (excluding diaryl/α,β-unsaturated/α-hetero) is 1. The summed E-state index contributed by atoms with van der Waals surface area (Å²) >= 11 is 0. The summed E-state index contributed by atoms with van der Waals surface area (Å²) in [5.74, 6) is -3.15. The second kappa shape index (κ2) is 5.81. The van der Waals surface area contributed by atoms with Gasteiger partial charge in [-0.2, -0.15) is 0 Å². The summed E-state index contributed by atoms with van der Waals surface area (Å²) in [5, 5.41) is 12.4. The minimum atomic E-state index is -1.74. The fourth-order valence-electron chi connectivity index (χ4n) is 2.50. The van der Waals surface area contributed by atoms with Gasteiger partial charge in [0, 0.05) is 11.1 Å². The largest absolute Gasteiger partial charge is 0.501 e. The van der Waals surface area contributed by atoms with E-state index in [0.717, 1.165) is 0 Å². The van der Waals surface area contributed by atoms with Crippen LogP contribution in [0.25, 0.3) is 0 Å². The maximum atomic E-state index is 14.0. The number of hydrogen-bond donors (Lipinski definition) is 2. The quantitative estimate of drug-likeness (QED) is 0.909. The molecule has 0 fully saturated rings. The number of rotatable bonds is 3. The second-order valence-electron chi connectivity index (χ2n) is 5.44. The number of carbonyl (C=O) groups is 2. The van der Waals surface area contributed by atoms with Crippen molar-refractivity contribution < 1.29 is 23.8 Å². The van der Waals surface area contributed by atoms with Crippen molar-refractivity contribution in [2.45, 2.75) is 12.5 Å². The predicted octanol–water partition coefficient (Wildman–Crippen LogP) is 2.80. The number of aliphatic hydroxyl groups is 1. The molecule has 1 aliphatic heterocycles. The molecule has 2 N–H and O–H groups in total. The molecule has 1 heterocycles. The molecule has 6 heteroatoms. The molecule has 2 aromatic carbocycles. The minimum Gasteiger partial charge on any atom is -0.501 e. The van der Waals surface area contributed by atoms with Crippen LogP contribution in [0.1, 0.15) is 22.8 Å². The Morgan fingerprint density at radius 1 is 1.12 bits per heavy atom. The summed E-state index contributed by atoms with van der Waals surface area (Å²) in [6, 6.07) is 13.8. The van der Waals surface area contributed by atoms with Crippen LogP contribution in [-0.4, -0.2) is 16.8 Å². The zero-order chi connectivity index (χ0) is 17.3. The normalized spacial score (nSPS) is 20.0. The van der Waals surface area contributed by atoms with Crippen molar-refractivity contribution in [2.75, 3.05) is 0 Å². The lowest BCUT2D eigenvalue weighted by atomic mass is 9.91. The molecular formula is C18H14FNO4. The summed E-state index contributed by atoms with van der Waals surface area (Å²) in [5.41, 5.74) is -1.44. The van der Waals surface area contributed by atoms with E-state index in [2.05, 4.69) is 5.32 Å². The Balaban J connectivity index is 1.88. The highest BCUT2D eigenvalue weighted by Crippen LogP contribution is 2.38. The number of nitrogens with one attached hydrogen (secondary N) is 1. The van der Waals surface area contributed by atoms with Gasteiger partial charge in [-0.15, -0.1) is 0 Å². The first-order valence-electron chi connectivity index (χ1n) is 7.22. The van der Waals surface area contributed by atoms with E-state index in [4.69, 9.17) is 4.74 Å². The highest BCUT2D eigenvalue weighted by Gasteiger charge is 2.49. The van der Waals surface area contributed by atoms with Gasteiger partial charge in [-0.05, 0) is 25.1 Å². The van der Waals surface area contributed by atoms with Gasteiger partial charge in [-0.25, -0.2) is 4.39 Å². The average Bonchev–Trinajstić information content (AvgIpc) is 2.81. The standard InChI is InChI=1S/C18H14FNO4/c1-18(12-9-5-6-10-13(12)19)15(22)14(21)17(24-18)20-16(23)11-7-3-2-4-8-11/h2-10,21H,1H3,(H,20,23). The molecule has 122 valence electrons. The molecule has 2 aromatic rings. The van der Waals surface area contributed by atoms with Gasteiger partial charge in [0.15, 0.2) is 0 Å². The molecule has 0 radical (unpaired) electrons. The van der Waals surface area contributed by atoms with Gasteiger partial charge in [0.2, 0.25) is 17.2 Å². The van der Waals surface area contributed by atoms with E-state index < -0.39 is 28.9 Å². The summed E-state index contributed by atoms with van der Waals surface area (Å²) in [6.07, 6.45) is 0. The monoisotopic (exact) mass is 327 g/mol. The van der Waals surface area contributed by atoms with Gasteiger partial charge < -0.3 is 9.84 Å². The number of ketones is 1. The first-order chi connectivity index (χ1) is 11.4. The van der Waals surface area contributed by atoms with Crippen LogP contribution in [0.3, 0.4) is 0 Å². The number of amides is 1. The third-order valence-corrected chi connectivity index (χ3v) is 3.82. The van der Waals surface area contributed by atoms with Crippen molar-refractivity contribution in [3.8, 4) is 0 Å². The van der Waals surface area contributed by atoms with E-state index in [1.807, 2.05) is 0 Å². The Morgan fingerprint density at radius 3 is 2.42 bits per heavy atom. The lowest BCUT2D eigenvalue weighted by Crippen LogP contribution is -2.33. The van der Waals surface area contributed by atoms with Gasteiger partial charge in [-0.3, -0.25) is 14.9 Å². The summed E-state index contributed by atoms with van der Waals surface area (Å²) in [7, 11) is 0. The van der Waals surface area contributed by atoms with E-state index >= 15 is 0 Å². The van der Waals surface area contributed by atoms with E-state index in [0.29, 0.717) is 5.56 Å². The molecule has 5 nitrogen and oxygen atoms in total. The van der Waals surface area contributed by atoms with Crippen LogP contribution in [0.2, 0.25) is 0 Å². The lowest BCUT2D eigenvalue weighted by Gasteiger charge is -2.24. The van der Waals surface area contributed by atoms with Crippen molar-refractivity contribution in [2.24, 2.45) is 0 Å². The van der Waals surface area contributed by atoms with Crippen LogP contribution >= 0.6 is 0 Å². The Morgan fingerprint density at radius 2 is 1.75 bits per heavy atom. The molecule has 0 saturated carbocycles. The maximum absolute atomic E-state index is 14.0. The van der Waals surface area contributed by atoms with Gasteiger partial charge >= 0.3 is 0 Å². The second-order valence-corrected chi connectivity index (χ2v) is 5.44. The third-order valence-electron chi connectivity index (χ3n) is 3.82. The number of benzene rings is 2. The van der Waals surface area contributed by atoms with Crippen molar-refractivity contribution in [1.82, 2.24) is 5.32 Å². The summed E-state index contributed by atoms with van der Waals surface area (Å²) < 4.78 is 19.5. The Labute approximate surface area is 137 Å². The van der Waals surface area contributed by atoms with Crippen molar-refractivity contribution >= 4 is 11.7 Å². The van der Waals surface area contributed by atoms with E-state index in [1.165, 1.54) is 25.1 Å². The van der Waals surface area contributed by atoms with E-state index in [1.54, 1.807) is 36.4 Å². The minimum absolute atomic E-state index is 0.0227. The molecule has 24 heavy (non-hydrogen) atoms. The molecule has 0 spiro atoms. The van der Waals surface area contributed by atoms with Crippen molar-refractivity contribution in [3.63, 3.8) is 0 Å². The van der Waals surface area contributed by atoms with Crippen LogP contribution in [-0.2, 0) is 15.1 Å². The summed E-state index contributed by atoms with van der Waals surface area (Å²) in [4.78, 5) is 24.5. The fourth-order valence-corrected chi connectivity index (χ4v) is 2.50. The lowest BCUT2D eigenvalue weighted by molar-refractivity contribution is -0.132. The zero-order valence-electron chi connectivity index (χ0n) is 12.7. The highest BCUT2D eigenvalue weighted by atomic mass is 19.1. The predicted molar refractivity (Wildman–Crippen MR) is 83.4 cm³/mol. The topological polar surface area (TPSA) is 75.6 Å². The number of carbonyl (C=O) groups excluding carboxylic acids is 2. The molecule has 1 amide bonds. The first kappa shape index (κ1) is 15.7. The van der Waals surface area contributed by atoms with Crippen molar-refractivity contribution in [3.05, 3.63) is 83.2 Å². The van der Waals surface area contributed by atoms with Gasteiger partial charge in [0.1, 0.15) is 5.82 Å². The van der Waals surface area contributed by atoms with Gasteiger partial charge in [-0.1, -0.05) is 36.4 Å². The van der Waals surface area contributed by atoms with Crippen LogP contribution in [0.15, 0.2) is 66.2 Å². The first-order valence-corrected chi connectivity index (χ1v) is 7.22. The Hall–Kier alpha value is -3.15. The SMILES string of the molecule is CC1(c2ccccc2F)OC(NC(=O)c2ccccc2)=C(O)C1=O. The molecule has 0 saturated heterocycles. The molecule has 1 atom stereocenters. The molecular weight excluding hydrogens is 313 g/mol. The average molecular weight is 327 g/mol. The number of halogens is 1. The fraction of sp³-hybridized carbons (Fsp3) is 0.111. The van der Waals surface area contributed by atoms with Gasteiger partial charge in [0.05, 0.1) is 0 Å². The molecule has 0 bridgehead atoms. The number of aliphatic hydroxyl groups excluding tert-OH is 1. The smallest absolute Gasteiger partial charge is 0.258 e. The molecule has 1 aliphatic rings. The van der Waals surface area contributed by atoms with Gasteiger partial charge in [0.25, 0.3) is 11.7 Å². The number of hydrogen-bond acceptors (Lipinski definition) is 4. The zero-order valence-corrected chi connectivity index (χ0v) is 12.7. The van der Waals surface area contributed by atoms with Crippen LogP contribution in [0, 0.1) is 5.82 Å². The molecule has 0 aliphatic carbocycles. The molecule has 0 aromatic heterocycles. The van der Waals surface area contributed by atoms with Crippen LogP contribution in [0.5, 0.6) is 0 Å².